The summed E-state index contributed by atoms with van der Waals surface area (Å²) in [5.41, 5.74) is 4.10. The van der Waals surface area contributed by atoms with Gasteiger partial charge in [0.05, 0.1) is 5.56 Å². The van der Waals surface area contributed by atoms with Gasteiger partial charge in [0, 0.05) is 28.4 Å². The van der Waals surface area contributed by atoms with Gasteiger partial charge in [-0.2, -0.15) is 0 Å². The fourth-order valence-electron chi connectivity index (χ4n) is 3.65. The number of nitrogens with zero attached hydrogens (tertiary/aromatic N) is 1. The van der Waals surface area contributed by atoms with Crippen LogP contribution in [0, 0.1) is 0 Å². The Morgan fingerprint density at radius 3 is 2.52 bits per heavy atom. The molecule has 29 heavy (non-hydrogen) atoms. The Morgan fingerprint density at radius 2 is 1.72 bits per heavy atom. The summed E-state index contributed by atoms with van der Waals surface area (Å²) in [5.74, 6) is -0.111. The van der Waals surface area contributed by atoms with Gasteiger partial charge in [0.2, 0.25) is 0 Å². The molecule has 1 N–H and O–H groups in total. The van der Waals surface area contributed by atoms with Crippen LogP contribution < -0.4 is 10.2 Å². The van der Waals surface area contributed by atoms with E-state index in [1.165, 1.54) is 0 Å². The molecule has 2 amide bonds. The molecule has 4 nitrogen and oxygen atoms in total. The summed E-state index contributed by atoms with van der Waals surface area (Å²) in [4.78, 5) is 28.4. The number of benzene rings is 3. The Bertz CT molecular complexity index is 1050. The molecule has 3 aromatic carbocycles. The second-order valence-corrected chi connectivity index (χ2v) is 7.77. The van der Waals surface area contributed by atoms with Gasteiger partial charge in [0.25, 0.3) is 11.8 Å². The van der Waals surface area contributed by atoms with E-state index in [0.717, 1.165) is 34.7 Å². The first-order valence-corrected chi connectivity index (χ1v) is 10.8. The Morgan fingerprint density at radius 1 is 0.966 bits per heavy atom. The summed E-state index contributed by atoms with van der Waals surface area (Å²) in [6.07, 6.45) is 3.75. The number of thioether (sulfide) groups is 1. The smallest absolute Gasteiger partial charge is 0.258 e. The van der Waals surface area contributed by atoms with Crippen LogP contribution in [0.3, 0.4) is 0 Å². The monoisotopic (exact) mass is 402 g/mol. The van der Waals surface area contributed by atoms with Crippen molar-refractivity contribution in [3.05, 3.63) is 89.5 Å². The molecule has 0 fully saturated rings. The van der Waals surface area contributed by atoms with Crippen molar-refractivity contribution in [3.8, 4) is 0 Å². The molecule has 0 atom stereocenters. The molecule has 1 heterocycles. The Labute approximate surface area is 174 Å². The second kappa shape index (κ2) is 8.53. The quantitative estimate of drug-likeness (QED) is 0.606. The largest absolute Gasteiger partial charge is 0.322 e. The highest BCUT2D eigenvalue weighted by Gasteiger charge is 2.24. The predicted molar refractivity (Wildman–Crippen MR) is 119 cm³/mol. The number of nitrogens with one attached hydrogen (secondary N) is 1. The minimum Gasteiger partial charge on any atom is -0.322 e. The first kappa shape index (κ1) is 19.3. The van der Waals surface area contributed by atoms with Crippen LogP contribution in [-0.4, -0.2) is 24.6 Å². The lowest BCUT2D eigenvalue weighted by Gasteiger charge is -2.30. The van der Waals surface area contributed by atoms with Crippen LogP contribution in [0.2, 0.25) is 0 Å². The van der Waals surface area contributed by atoms with Gasteiger partial charge in [-0.25, -0.2) is 0 Å². The van der Waals surface area contributed by atoms with Crippen LogP contribution in [0.25, 0.3) is 0 Å². The molecular weight excluding hydrogens is 380 g/mol. The average Bonchev–Trinajstić information content (AvgIpc) is 2.78. The van der Waals surface area contributed by atoms with Crippen molar-refractivity contribution in [2.24, 2.45) is 0 Å². The SMILES string of the molecule is CSc1ccccc1C(=O)Nc1ccc2c(c1)CCCN2C(=O)c1ccccc1. The zero-order chi connectivity index (χ0) is 20.2. The Hall–Kier alpha value is -3.05. The molecule has 1 aliphatic rings. The van der Waals surface area contributed by atoms with Gasteiger partial charge in [0.15, 0.2) is 0 Å². The number of carbonyl (C=O) groups is 2. The van der Waals surface area contributed by atoms with Crippen LogP contribution in [0.15, 0.2) is 77.7 Å². The third-order valence-electron chi connectivity index (χ3n) is 5.07. The first-order chi connectivity index (χ1) is 14.2. The molecule has 0 saturated carbocycles. The Balaban J connectivity index is 1.57. The second-order valence-electron chi connectivity index (χ2n) is 6.92. The summed E-state index contributed by atoms with van der Waals surface area (Å²) in [5, 5.41) is 3.00. The van der Waals surface area contributed by atoms with E-state index in [9.17, 15) is 9.59 Å². The van der Waals surface area contributed by atoms with Gasteiger partial charge in [-0.3, -0.25) is 9.59 Å². The highest BCUT2D eigenvalue weighted by atomic mass is 32.2. The summed E-state index contributed by atoms with van der Waals surface area (Å²) in [6, 6.07) is 22.7. The van der Waals surface area contributed by atoms with E-state index in [4.69, 9.17) is 0 Å². The fraction of sp³-hybridized carbons (Fsp3) is 0.167. The normalized spacial score (nSPS) is 12.9. The van der Waals surface area contributed by atoms with Crippen LogP contribution in [0.5, 0.6) is 0 Å². The minimum atomic E-state index is -0.122. The van der Waals surface area contributed by atoms with Crippen molar-refractivity contribution in [2.45, 2.75) is 17.7 Å². The maximum Gasteiger partial charge on any atom is 0.258 e. The van der Waals surface area contributed by atoms with Crippen LogP contribution in [0.1, 0.15) is 32.7 Å². The van der Waals surface area contributed by atoms with E-state index in [2.05, 4.69) is 5.32 Å². The lowest BCUT2D eigenvalue weighted by molar-refractivity contribution is 0.0983. The van der Waals surface area contributed by atoms with E-state index >= 15 is 0 Å². The van der Waals surface area contributed by atoms with Crippen LogP contribution >= 0.6 is 11.8 Å². The fourth-order valence-corrected chi connectivity index (χ4v) is 4.25. The molecule has 3 aromatic rings. The third-order valence-corrected chi connectivity index (χ3v) is 5.87. The van der Waals surface area contributed by atoms with E-state index < -0.39 is 0 Å². The number of aryl methyl sites for hydroxylation is 1. The number of fused-ring (bicyclic) bond motifs is 1. The lowest BCUT2D eigenvalue weighted by Crippen LogP contribution is -2.35. The van der Waals surface area contributed by atoms with Crippen LogP contribution in [-0.2, 0) is 6.42 Å². The Kier molecular flexibility index (Phi) is 5.67. The molecule has 0 saturated heterocycles. The molecule has 0 unspecified atom stereocenters. The molecule has 0 radical (unpaired) electrons. The molecule has 4 rings (SSSR count). The van der Waals surface area contributed by atoms with Crippen LogP contribution in [0.4, 0.5) is 11.4 Å². The molecule has 1 aliphatic heterocycles. The number of anilines is 2. The molecule has 146 valence electrons. The molecule has 0 aromatic heterocycles. The summed E-state index contributed by atoms with van der Waals surface area (Å²) in [6.45, 7) is 0.702. The molecule has 0 spiro atoms. The number of rotatable bonds is 4. The molecule has 5 heteroatoms. The number of hydrogen-bond acceptors (Lipinski definition) is 3. The van der Waals surface area contributed by atoms with Gasteiger partial charge in [0.1, 0.15) is 0 Å². The van der Waals surface area contributed by atoms with E-state index in [-0.39, 0.29) is 11.8 Å². The summed E-state index contributed by atoms with van der Waals surface area (Å²) < 4.78 is 0. The zero-order valence-electron chi connectivity index (χ0n) is 16.2. The highest BCUT2D eigenvalue weighted by molar-refractivity contribution is 7.98. The molecular formula is C24H22N2O2S. The van der Waals surface area contributed by atoms with E-state index in [1.807, 2.05) is 84.0 Å². The lowest BCUT2D eigenvalue weighted by atomic mass is 10.00. The molecule has 0 aliphatic carbocycles. The topological polar surface area (TPSA) is 49.4 Å². The predicted octanol–water partition coefficient (Wildman–Crippen LogP) is 5.25. The number of carbonyl (C=O) groups excluding carboxylic acids is 2. The third kappa shape index (κ3) is 4.05. The zero-order valence-corrected chi connectivity index (χ0v) is 17.0. The van der Waals surface area contributed by atoms with Gasteiger partial charge in [-0.1, -0.05) is 30.3 Å². The van der Waals surface area contributed by atoms with Crippen molar-refractivity contribution in [3.63, 3.8) is 0 Å². The van der Waals surface area contributed by atoms with E-state index in [1.54, 1.807) is 11.8 Å². The first-order valence-electron chi connectivity index (χ1n) is 9.61. The highest BCUT2D eigenvalue weighted by Crippen LogP contribution is 2.31. The average molecular weight is 403 g/mol. The van der Waals surface area contributed by atoms with E-state index in [0.29, 0.717) is 17.7 Å². The summed E-state index contributed by atoms with van der Waals surface area (Å²) in [7, 11) is 0. The van der Waals surface area contributed by atoms with Gasteiger partial charge in [-0.15, -0.1) is 11.8 Å². The number of hydrogen-bond donors (Lipinski definition) is 1. The summed E-state index contributed by atoms with van der Waals surface area (Å²) >= 11 is 1.55. The van der Waals surface area contributed by atoms with Crippen molar-refractivity contribution in [1.82, 2.24) is 0 Å². The van der Waals surface area contributed by atoms with Crippen molar-refractivity contribution < 1.29 is 9.59 Å². The van der Waals surface area contributed by atoms with Crippen molar-refractivity contribution in [2.75, 3.05) is 23.0 Å². The molecule has 0 bridgehead atoms. The standard InChI is InChI=1S/C24H22N2O2S/c1-29-22-12-6-5-11-20(22)23(27)25-19-13-14-21-18(16-19)10-7-15-26(21)24(28)17-8-3-2-4-9-17/h2-6,8-9,11-14,16H,7,10,15H2,1H3,(H,25,27). The van der Waals surface area contributed by atoms with Gasteiger partial charge in [-0.05, 0) is 67.1 Å². The van der Waals surface area contributed by atoms with Gasteiger partial charge >= 0.3 is 0 Å². The van der Waals surface area contributed by atoms with Crippen molar-refractivity contribution in [1.29, 1.82) is 0 Å². The number of amides is 2. The maximum absolute atomic E-state index is 12.9. The van der Waals surface area contributed by atoms with Crippen molar-refractivity contribution >= 4 is 35.0 Å². The maximum atomic E-state index is 12.9. The minimum absolute atomic E-state index is 0.0113. The van der Waals surface area contributed by atoms with Gasteiger partial charge < -0.3 is 10.2 Å².